The first-order valence-corrected chi connectivity index (χ1v) is 3.23. The Kier molecular flexibility index (Phi) is 0.866. The van der Waals surface area contributed by atoms with E-state index in [1.807, 2.05) is 0 Å². The Morgan fingerprint density at radius 1 is 1.38 bits per heavy atom. The van der Waals surface area contributed by atoms with Gasteiger partial charge in [0.2, 0.25) is 0 Å². The van der Waals surface area contributed by atoms with Gasteiger partial charge < -0.3 is 10.5 Å². The second kappa shape index (κ2) is 1.45. The molecule has 2 N–H and O–H groups in total. The third-order valence-electron chi connectivity index (χ3n) is 2.30. The number of hydrogen-bond acceptors (Lipinski definition) is 2. The van der Waals surface area contributed by atoms with Gasteiger partial charge in [0, 0.05) is 18.6 Å². The van der Waals surface area contributed by atoms with E-state index in [2.05, 4.69) is 0 Å². The standard InChI is InChI=1S/C6H11NO/c7-6-4-1-2-8-3-5(4)6/h4-6H,1-3,7H2/t4-,5+,6+/m0/s1. The molecule has 0 bridgehead atoms. The van der Waals surface area contributed by atoms with Gasteiger partial charge in [0.25, 0.3) is 0 Å². The van der Waals surface area contributed by atoms with E-state index in [0.717, 1.165) is 25.0 Å². The van der Waals surface area contributed by atoms with Gasteiger partial charge in [-0.05, 0) is 12.3 Å². The van der Waals surface area contributed by atoms with Crippen LogP contribution in [0.25, 0.3) is 0 Å². The lowest BCUT2D eigenvalue weighted by molar-refractivity contribution is 0.0888. The number of rotatable bonds is 0. The fraction of sp³-hybridized carbons (Fsp3) is 1.00. The Bertz CT molecular complexity index is 92.7. The molecule has 8 heavy (non-hydrogen) atoms. The van der Waals surface area contributed by atoms with Crippen LogP contribution in [-0.2, 0) is 4.74 Å². The van der Waals surface area contributed by atoms with Crippen molar-refractivity contribution in [1.29, 1.82) is 0 Å². The highest BCUT2D eigenvalue weighted by Gasteiger charge is 2.48. The molecule has 0 aromatic rings. The van der Waals surface area contributed by atoms with Crippen LogP contribution in [0.5, 0.6) is 0 Å². The predicted octanol–water partition coefficient (Wildman–Crippen LogP) is -0.0200. The van der Waals surface area contributed by atoms with Gasteiger partial charge in [-0.3, -0.25) is 0 Å². The number of fused-ring (bicyclic) bond motifs is 1. The van der Waals surface area contributed by atoms with E-state index in [-0.39, 0.29) is 0 Å². The first-order chi connectivity index (χ1) is 3.89. The highest BCUT2D eigenvalue weighted by Crippen LogP contribution is 2.42. The summed E-state index contributed by atoms with van der Waals surface area (Å²) in [6, 6.07) is 0.484. The van der Waals surface area contributed by atoms with Gasteiger partial charge in [0.1, 0.15) is 0 Å². The van der Waals surface area contributed by atoms with Crippen molar-refractivity contribution in [2.45, 2.75) is 12.5 Å². The quantitative estimate of drug-likeness (QED) is 0.479. The maximum Gasteiger partial charge on any atom is 0.0512 e. The fourth-order valence-electron chi connectivity index (χ4n) is 1.55. The van der Waals surface area contributed by atoms with Crippen LogP contribution < -0.4 is 5.73 Å². The van der Waals surface area contributed by atoms with Gasteiger partial charge in [0.05, 0.1) is 6.61 Å². The highest BCUT2D eigenvalue weighted by molar-refractivity contribution is 5.02. The Hall–Kier alpha value is -0.0800. The molecule has 46 valence electrons. The van der Waals surface area contributed by atoms with Gasteiger partial charge in [-0.1, -0.05) is 0 Å². The molecule has 0 aromatic carbocycles. The second-order valence-electron chi connectivity index (χ2n) is 2.77. The van der Waals surface area contributed by atoms with Gasteiger partial charge in [-0.15, -0.1) is 0 Å². The lowest BCUT2D eigenvalue weighted by Crippen LogP contribution is -2.07. The van der Waals surface area contributed by atoms with Crippen molar-refractivity contribution in [1.82, 2.24) is 0 Å². The summed E-state index contributed by atoms with van der Waals surface area (Å²) in [7, 11) is 0. The zero-order valence-electron chi connectivity index (χ0n) is 4.84. The third-order valence-corrected chi connectivity index (χ3v) is 2.30. The molecule has 1 heterocycles. The van der Waals surface area contributed by atoms with Crippen LogP contribution in [0.2, 0.25) is 0 Å². The van der Waals surface area contributed by atoms with E-state index >= 15 is 0 Å². The highest BCUT2D eigenvalue weighted by atomic mass is 16.5. The number of ether oxygens (including phenoxy) is 1. The molecule has 0 radical (unpaired) electrons. The normalized spacial score (nSPS) is 52.9. The lowest BCUT2D eigenvalue weighted by atomic mass is 10.2. The summed E-state index contributed by atoms with van der Waals surface area (Å²) in [5.41, 5.74) is 5.69. The Morgan fingerprint density at radius 2 is 2.25 bits per heavy atom. The van der Waals surface area contributed by atoms with Gasteiger partial charge in [-0.2, -0.15) is 0 Å². The summed E-state index contributed by atoms with van der Waals surface area (Å²) in [6.07, 6.45) is 1.20. The fourth-order valence-corrected chi connectivity index (χ4v) is 1.55. The molecule has 1 aliphatic carbocycles. The summed E-state index contributed by atoms with van der Waals surface area (Å²) in [4.78, 5) is 0. The Labute approximate surface area is 49.0 Å². The number of nitrogens with two attached hydrogens (primary N) is 1. The molecule has 2 nitrogen and oxygen atoms in total. The van der Waals surface area contributed by atoms with E-state index in [4.69, 9.17) is 10.5 Å². The molecule has 1 saturated heterocycles. The van der Waals surface area contributed by atoms with Crippen molar-refractivity contribution >= 4 is 0 Å². The minimum absolute atomic E-state index is 0.484. The monoisotopic (exact) mass is 113 g/mol. The molecule has 1 saturated carbocycles. The van der Waals surface area contributed by atoms with Crippen LogP contribution in [0, 0.1) is 11.8 Å². The molecular formula is C6H11NO. The van der Waals surface area contributed by atoms with Crippen LogP contribution in [0.3, 0.4) is 0 Å². The average Bonchev–Trinajstić information content (AvgIpc) is 2.46. The van der Waals surface area contributed by atoms with E-state index in [1.54, 1.807) is 0 Å². The van der Waals surface area contributed by atoms with Gasteiger partial charge in [0.15, 0.2) is 0 Å². The Balaban J connectivity index is 1.97. The van der Waals surface area contributed by atoms with Crippen LogP contribution in [-0.4, -0.2) is 19.3 Å². The third kappa shape index (κ3) is 0.501. The molecule has 0 unspecified atom stereocenters. The minimum atomic E-state index is 0.484. The van der Waals surface area contributed by atoms with Crippen molar-refractivity contribution in [3.05, 3.63) is 0 Å². The van der Waals surface area contributed by atoms with Crippen molar-refractivity contribution in [3.8, 4) is 0 Å². The lowest BCUT2D eigenvalue weighted by Gasteiger charge is -2.06. The zero-order valence-corrected chi connectivity index (χ0v) is 4.84. The molecule has 3 atom stereocenters. The zero-order chi connectivity index (χ0) is 5.56. The van der Waals surface area contributed by atoms with Crippen LogP contribution in [0.15, 0.2) is 0 Å². The van der Waals surface area contributed by atoms with Gasteiger partial charge in [-0.25, -0.2) is 0 Å². The smallest absolute Gasteiger partial charge is 0.0512 e. The van der Waals surface area contributed by atoms with Crippen LogP contribution in [0.1, 0.15) is 6.42 Å². The summed E-state index contributed by atoms with van der Waals surface area (Å²) >= 11 is 0. The summed E-state index contributed by atoms with van der Waals surface area (Å²) in [5.74, 6) is 1.55. The minimum Gasteiger partial charge on any atom is -0.381 e. The van der Waals surface area contributed by atoms with Crippen LogP contribution in [0.4, 0.5) is 0 Å². The average molecular weight is 113 g/mol. The Morgan fingerprint density at radius 3 is 2.75 bits per heavy atom. The van der Waals surface area contributed by atoms with Crippen LogP contribution >= 0.6 is 0 Å². The molecule has 2 heteroatoms. The molecule has 2 rings (SSSR count). The van der Waals surface area contributed by atoms with Crippen molar-refractivity contribution in [2.75, 3.05) is 13.2 Å². The molecule has 0 spiro atoms. The number of hydrogen-bond donors (Lipinski definition) is 1. The van der Waals surface area contributed by atoms with Gasteiger partial charge >= 0.3 is 0 Å². The van der Waals surface area contributed by atoms with Crippen molar-refractivity contribution in [3.63, 3.8) is 0 Å². The second-order valence-corrected chi connectivity index (χ2v) is 2.77. The largest absolute Gasteiger partial charge is 0.381 e. The first kappa shape index (κ1) is 4.77. The molecule has 0 amide bonds. The summed E-state index contributed by atoms with van der Waals surface area (Å²) < 4.78 is 5.21. The maximum atomic E-state index is 5.69. The SMILES string of the molecule is N[C@@H]1[C@H]2CCOC[C@@H]12. The topological polar surface area (TPSA) is 35.2 Å². The van der Waals surface area contributed by atoms with Crippen molar-refractivity contribution in [2.24, 2.45) is 17.6 Å². The molecule has 2 aliphatic rings. The molecular weight excluding hydrogens is 102 g/mol. The molecule has 0 aromatic heterocycles. The van der Waals surface area contributed by atoms with E-state index in [1.165, 1.54) is 6.42 Å². The summed E-state index contributed by atoms with van der Waals surface area (Å²) in [5, 5.41) is 0. The van der Waals surface area contributed by atoms with E-state index in [9.17, 15) is 0 Å². The molecule has 2 fully saturated rings. The van der Waals surface area contributed by atoms with E-state index < -0.39 is 0 Å². The predicted molar refractivity (Wildman–Crippen MR) is 30.4 cm³/mol. The van der Waals surface area contributed by atoms with Crippen molar-refractivity contribution < 1.29 is 4.74 Å². The molecule has 1 aliphatic heterocycles. The first-order valence-electron chi connectivity index (χ1n) is 3.23. The van der Waals surface area contributed by atoms with E-state index in [0.29, 0.717) is 6.04 Å². The summed E-state index contributed by atoms with van der Waals surface area (Å²) in [6.45, 7) is 1.86. The maximum absolute atomic E-state index is 5.69.